The van der Waals surface area contributed by atoms with Crippen molar-refractivity contribution in [3.8, 4) is 11.3 Å². The first-order chi connectivity index (χ1) is 21.5. The summed E-state index contributed by atoms with van der Waals surface area (Å²) in [6, 6.07) is 16.6. The summed E-state index contributed by atoms with van der Waals surface area (Å²) >= 11 is 0. The average Bonchev–Trinajstić information content (AvgIpc) is 3.39. The molecule has 4 aromatic rings. The molecular formula is C32H28F4N6O3. The second-order valence-electron chi connectivity index (χ2n) is 10.9. The van der Waals surface area contributed by atoms with Gasteiger partial charge in [0.05, 0.1) is 17.1 Å². The number of nitrogens with one attached hydrogen (secondary N) is 2. The van der Waals surface area contributed by atoms with Gasteiger partial charge in [0.15, 0.2) is 11.6 Å². The topological polar surface area (TPSA) is 99.6 Å². The minimum atomic E-state index is -4.52. The Kier molecular flexibility index (Phi) is 7.87. The number of likely N-dealkylation sites (tertiary alicyclic amines) is 1. The van der Waals surface area contributed by atoms with Crippen molar-refractivity contribution < 1.29 is 31.9 Å². The van der Waals surface area contributed by atoms with Crippen LogP contribution in [0.15, 0.2) is 85.2 Å². The van der Waals surface area contributed by atoms with Crippen LogP contribution >= 0.6 is 0 Å². The van der Waals surface area contributed by atoms with E-state index in [4.69, 9.17) is 5.10 Å². The summed E-state index contributed by atoms with van der Waals surface area (Å²) in [5.74, 6) is -2.31. The molecule has 0 bridgehead atoms. The molecule has 0 spiro atoms. The van der Waals surface area contributed by atoms with E-state index in [1.807, 2.05) is 6.07 Å². The van der Waals surface area contributed by atoms with Gasteiger partial charge in [0.25, 0.3) is 5.91 Å². The first-order valence-corrected chi connectivity index (χ1v) is 14.2. The molecule has 1 atom stereocenters. The molecule has 9 nitrogen and oxygen atoms in total. The Morgan fingerprint density at radius 3 is 2.33 bits per heavy atom. The first kappa shape index (κ1) is 30.0. The van der Waals surface area contributed by atoms with E-state index in [0.29, 0.717) is 34.4 Å². The van der Waals surface area contributed by atoms with Gasteiger partial charge in [0.2, 0.25) is 0 Å². The lowest BCUT2D eigenvalue weighted by atomic mass is 9.97. The number of halogens is 4. The number of carbonyl (C=O) groups is 3. The number of anilines is 1. The van der Waals surface area contributed by atoms with Crippen LogP contribution in [0.2, 0.25) is 0 Å². The molecule has 3 amide bonds. The summed E-state index contributed by atoms with van der Waals surface area (Å²) in [5, 5.41) is 11.2. The fourth-order valence-corrected chi connectivity index (χ4v) is 5.71. The number of nitrogens with zero attached hydrogens (tertiary/aromatic N) is 4. The zero-order valence-corrected chi connectivity index (χ0v) is 23.9. The summed E-state index contributed by atoms with van der Waals surface area (Å²) in [5.41, 5.74) is 1.15. The summed E-state index contributed by atoms with van der Waals surface area (Å²) in [6.07, 6.45) is -4.52. The molecule has 1 unspecified atom stereocenters. The number of carbonyl (C=O) groups excluding carboxylic acids is 3. The van der Waals surface area contributed by atoms with E-state index in [9.17, 15) is 31.9 Å². The van der Waals surface area contributed by atoms with Crippen LogP contribution in [-0.2, 0) is 11.0 Å². The minimum Gasteiger partial charge on any atom is -0.332 e. The van der Waals surface area contributed by atoms with Gasteiger partial charge in [-0.3, -0.25) is 14.3 Å². The Morgan fingerprint density at radius 2 is 1.67 bits per heavy atom. The zero-order chi connectivity index (χ0) is 31.9. The number of rotatable bonds is 6. The maximum absolute atomic E-state index is 14.3. The van der Waals surface area contributed by atoms with Gasteiger partial charge in [-0.2, -0.15) is 18.3 Å². The first-order valence-electron chi connectivity index (χ1n) is 14.2. The number of piperazine rings is 1. The summed E-state index contributed by atoms with van der Waals surface area (Å²) in [7, 11) is 0. The largest absolute Gasteiger partial charge is 0.416 e. The maximum Gasteiger partial charge on any atom is 0.416 e. The molecule has 1 aromatic heterocycles. The monoisotopic (exact) mass is 620 g/mol. The van der Waals surface area contributed by atoms with E-state index in [1.54, 1.807) is 47.1 Å². The normalized spacial score (nSPS) is 17.2. The van der Waals surface area contributed by atoms with Crippen molar-refractivity contribution in [1.29, 1.82) is 0 Å². The number of benzene rings is 3. The van der Waals surface area contributed by atoms with Crippen molar-refractivity contribution in [2.45, 2.75) is 18.3 Å². The van der Waals surface area contributed by atoms with Crippen LogP contribution in [0.4, 0.5) is 28.0 Å². The molecule has 6 rings (SSSR count). The van der Waals surface area contributed by atoms with Gasteiger partial charge < -0.3 is 20.4 Å². The van der Waals surface area contributed by atoms with Gasteiger partial charge in [0, 0.05) is 54.9 Å². The number of Topliss-reactive ketones (excluding diaryl/α,β-unsaturated/α-hetero) is 1. The fourth-order valence-electron chi connectivity index (χ4n) is 5.71. The molecule has 2 saturated heterocycles. The fraction of sp³-hybridized carbons (Fsp3) is 0.250. The number of alkyl halides is 3. The minimum absolute atomic E-state index is 0.0874. The second-order valence-corrected chi connectivity index (χ2v) is 10.9. The summed E-state index contributed by atoms with van der Waals surface area (Å²) in [6.45, 7) is 4.19. The van der Waals surface area contributed by atoms with Crippen LogP contribution in [0.1, 0.15) is 22.0 Å². The number of fused-ring (bicyclic) bond motifs is 1. The number of amides is 3. The summed E-state index contributed by atoms with van der Waals surface area (Å²) in [4.78, 5) is 42.5. The lowest BCUT2D eigenvalue weighted by molar-refractivity contribution is -0.137. The molecule has 3 aromatic carbocycles. The van der Waals surface area contributed by atoms with Crippen molar-refractivity contribution in [2.75, 3.05) is 38.0 Å². The van der Waals surface area contributed by atoms with Crippen molar-refractivity contribution in [3.05, 3.63) is 96.3 Å². The number of hydrogen-bond donors (Lipinski definition) is 2. The van der Waals surface area contributed by atoms with E-state index < -0.39 is 41.6 Å². The van der Waals surface area contributed by atoms with Gasteiger partial charge in [-0.15, -0.1) is 0 Å². The number of aromatic nitrogens is 2. The number of hydrogen-bond acceptors (Lipinski definition) is 5. The van der Waals surface area contributed by atoms with Gasteiger partial charge in [-0.05, 0) is 30.3 Å². The smallest absolute Gasteiger partial charge is 0.332 e. The van der Waals surface area contributed by atoms with Crippen LogP contribution in [0, 0.1) is 0 Å². The van der Waals surface area contributed by atoms with Crippen LogP contribution in [0.3, 0.4) is 0 Å². The SMILES string of the molecule is C=C(F)C(=O)N1CC(n2nc(-c3ccc(C(F)(F)F)cc3)c3cccc(C(=O)C4CNCCN4C(=O)Nc4ccccc4)c32)C1. The molecule has 0 aliphatic carbocycles. The molecule has 3 heterocycles. The maximum atomic E-state index is 14.3. The third kappa shape index (κ3) is 5.78. The average molecular weight is 621 g/mol. The van der Waals surface area contributed by atoms with E-state index in [1.165, 1.54) is 21.9 Å². The Bertz CT molecular complexity index is 1780. The number of urea groups is 1. The highest BCUT2D eigenvalue weighted by Crippen LogP contribution is 2.37. The Morgan fingerprint density at radius 1 is 0.956 bits per heavy atom. The Labute approximate surface area is 255 Å². The van der Waals surface area contributed by atoms with Gasteiger partial charge in [0.1, 0.15) is 11.7 Å². The standard InChI is InChI=1S/C32H28F4N6O3/c1-19(33)30(44)40-17-23(18-40)42-28-24(27(39-42)20-10-12-21(13-11-20)32(34,35)36)8-5-9-25(28)29(43)26-16-37-14-15-41(26)31(45)38-22-6-3-2-4-7-22/h2-13,23,26,37H,1,14-18H2,(H,38,45). The van der Waals surface area contributed by atoms with E-state index in [-0.39, 0.29) is 37.5 Å². The van der Waals surface area contributed by atoms with Gasteiger partial charge in [-0.1, -0.05) is 49.0 Å². The van der Waals surface area contributed by atoms with E-state index >= 15 is 0 Å². The third-order valence-electron chi connectivity index (χ3n) is 8.04. The van der Waals surface area contributed by atoms with Crippen LogP contribution < -0.4 is 10.6 Å². The lowest BCUT2D eigenvalue weighted by Gasteiger charge is -2.39. The van der Waals surface area contributed by atoms with Crippen molar-refractivity contribution in [1.82, 2.24) is 24.9 Å². The molecule has 232 valence electrons. The second kappa shape index (κ2) is 11.8. The molecule has 45 heavy (non-hydrogen) atoms. The van der Waals surface area contributed by atoms with Gasteiger partial charge >= 0.3 is 12.2 Å². The van der Waals surface area contributed by atoms with E-state index in [2.05, 4.69) is 17.2 Å². The molecule has 13 heteroatoms. The molecule has 2 fully saturated rings. The summed E-state index contributed by atoms with van der Waals surface area (Å²) < 4.78 is 54.9. The van der Waals surface area contributed by atoms with E-state index in [0.717, 1.165) is 12.1 Å². The molecule has 2 aliphatic heterocycles. The third-order valence-corrected chi connectivity index (χ3v) is 8.04. The Hall–Kier alpha value is -5.04. The molecule has 0 radical (unpaired) electrons. The predicted molar refractivity (Wildman–Crippen MR) is 159 cm³/mol. The predicted octanol–water partition coefficient (Wildman–Crippen LogP) is 5.28. The van der Waals surface area contributed by atoms with Gasteiger partial charge in [-0.25, -0.2) is 9.18 Å². The Balaban J connectivity index is 1.40. The van der Waals surface area contributed by atoms with Crippen LogP contribution in [0.25, 0.3) is 22.2 Å². The van der Waals surface area contributed by atoms with Crippen molar-refractivity contribution >= 4 is 34.3 Å². The van der Waals surface area contributed by atoms with Crippen LogP contribution in [0.5, 0.6) is 0 Å². The molecule has 0 saturated carbocycles. The molecule has 2 aliphatic rings. The highest BCUT2D eigenvalue weighted by Gasteiger charge is 2.38. The highest BCUT2D eigenvalue weighted by atomic mass is 19.4. The number of para-hydroxylation sites is 2. The number of ketones is 1. The van der Waals surface area contributed by atoms with Crippen LogP contribution in [-0.4, -0.2) is 76.1 Å². The lowest BCUT2D eigenvalue weighted by Crippen LogP contribution is -2.58. The molecular weight excluding hydrogens is 592 g/mol. The van der Waals surface area contributed by atoms with Crippen molar-refractivity contribution in [3.63, 3.8) is 0 Å². The highest BCUT2D eigenvalue weighted by molar-refractivity contribution is 6.13. The quantitative estimate of drug-likeness (QED) is 0.174. The molecule has 2 N–H and O–H groups in total. The van der Waals surface area contributed by atoms with Crippen molar-refractivity contribution in [2.24, 2.45) is 0 Å². The zero-order valence-electron chi connectivity index (χ0n) is 23.9.